The fourth-order valence-electron chi connectivity index (χ4n) is 2.63. The Morgan fingerprint density at radius 1 is 0.917 bits per heavy atom. The van der Waals surface area contributed by atoms with Gasteiger partial charge in [0, 0.05) is 10.4 Å². The summed E-state index contributed by atoms with van der Waals surface area (Å²) in [6, 6.07) is 19.2. The lowest BCUT2D eigenvalue weighted by Gasteiger charge is -2.22. The summed E-state index contributed by atoms with van der Waals surface area (Å²) in [6.07, 6.45) is 0.891. The van der Waals surface area contributed by atoms with E-state index in [-0.39, 0.29) is 17.3 Å². The van der Waals surface area contributed by atoms with Gasteiger partial charge in [0.1, 0.15) is 0 Å². The van der Waals surface area contributed by atoms with E-state index in [0.717, 1.165) is 16.8 Å². The second-order valence-electron chi connectivity index (χ2n) is 6.94. The number of hydrogen-bond acceptors (Lipinski definition) is 3. The standard InChI is InChI=1S/C12H10OSi.C8H14O2/c13-14(11-7-3-1-4-8-11)12-9-5-2-6-10-12;1-8(2,3)6-4-5-10-7(6)9/h1-10H;6H,4-5H2,1-3H3. The van der Waals surface area contributed by atoms with Crippen LogP contribution in [0.25, 0.3) is 0 Å². The lowest BCUT2D eigenvalue weighted by atomic mass is 9.80. The van der Waals surface area contributed by atoms with E-state index in [0.29, 0.717) is 6.61 Å². The Balaban J connectivity index is 0.000000185. The van der Waals surface area contributed by atoms with Crippen molar-refractivity contribution in [2.75, 3.05) is 6.61 Å². The molecule has 2 aromatic rings. The van der Waals surface area contributed by atoms with E-state index in [1.54, 1.807) is 0 Å². The molecule has 3 rings (SSSR count). The Morgan fingerprint density at radius 2 is 1.38 bits per heavy atom. The van der Waals surface area contributed by atoms with Gasteiger partial charge in [0.05, 0.1) is 12.5 Å². The minimum Gasteiger partial charge on any atom is -0.465 e. The van der Waals surface area contributed by atoms with Gasteiger partial charge in [-0.15, -0.1) is 0 Å². The molecular formula is C20H24O3Si. The van der Waals surface area contributed by atoms with Crippen LogP contribution in [0.4, 0.5) is 0 Å². The lowest BCUT2D eigenvalue weighted by Crippen LogP contribution is -2.33. The molecule has 1 unspecified atom stereocenters. The molecule has 4 heteroatoms. The molecule has 0 aromatic heterocycles. The van der Waals surface area contributed by atoms with Gasteiger partial charge in [-0.25, -0.2) is 0 Å². The van der Waals surface area contributed by atoms with Gasteiger partial charge < -0.3 is 9.20 Å². The summed E-state index contributed by atoms with van der Waals surface area (Å²) in [5, 5.41) is 1.84. The number of carbonyl (C=O) groups is 1. The van der Waals surface area contributed by atoms with Crippen LogP contribution in [-0.2, 0) is 14.0 Å². The Bertz CT molecular complexity index is 634. The van der Waals surface area contributed by atoms with Crippen LogP contribution in [-0.4, -0.2) is 21.3 Å². The summed E-state index contributed by atoms with van der Waals surface area (Å²) in [7, 11) is -1.79. The van der Waals surface area contributed by atoms with Gasteiger partial charge in [-0.05, 0) is 11.8 Å². The van der Waals surface area contributed by atoms with E-state index in [2.05, 4.69) is 20.8 Å². The highest BCUT2D eigenvalue weighted by Gasteiger charge is 2.36. The summed E-state index contributed by atoms with van der Waals surface area (Å²) in [5.74, 6) is 0.0972. The Kier molecular flexibility index (Phi) is 6.21. The van der Waals surface area contributed by atoms with E-state index in [1.165, 1.54) is 0 Å². The minimum absolute atomic E-state index is 0.0208. The third-order valence-corrected chi connectivity index (χ3v) is 5.77. The number of esters is 1. The van der Waals surface area contributed by atoms with Gasteiger partial charge in [0.25, 0.3) is 0 Å². The van der Waals surface area contributed by atoms with E-state index in [4.69, 9.17) is 4.74 Å². The number of carbonyl (C=O) groups excluding carboxylic acids is 1. The molecule has 0 bridgehead atoms. The van der Waals surface area contributed by atoms with Crippen molar-refractivity contribution in [3.05, 3.63) is 60.7 Å². The summed E-state index contributed by atoms with van der Waals surface area (Å²) in [6.45, 7) is 6.83. The number of ether oxygens (including phenoxy) is 1. The zero-order valence-corrected chi connectivity index (χ0v) is 15.5. The van der Waals surface area contributed by atoms with Crippen molar-refractivity contribution >= 4 is 25.0 Å². The topological polar surface area (TPSA) is 43.4 Å². The van der Waals surface area contributed by atoms with Gasteiger partial charge in [-0.2, -0.15) is 0 Å². The normalized spacial score (nSPS) is 16.8. The van der Waals surface area contributed by atoms with Gasteiger partial charge in [0.2, 0.25) is 0 Å². The molecule has 1 atom stereocenters. The molecule has 1 heterocycles. The molecule has 1 aliphatic rings. The summed E-state index contributed by atoms with van der Waals surface area (Å²) < 4.78 is 16.9. The predicted octanol–water partition coefficient (Wildman–Crippen LogP) is 2.82. The van der Waals surface area contributed by atoms with Crippen molar-refractivity contribution in [1.29, 1.82) is 0 Å². The third-order valence-electron chi connectivity index (χ3n) is 4.05. The Labute approximate surface area is 145 Å². The van der Waals surface area contributed by atoms with Gasteiger partial charge in [0.15, 0.2) is 0 Å². The molecule has 0 aliphatic carbocycles. The van der Waals surface area contributed by atoms with E-state index in [9.17, 15) is 9.26 Å². The quantitative estimate of drug-likeness (QED) is 0.624. The maximum atomic E-state index is 12.0. The van der Waals surface area contributed by atoms with Crippen LogP contribution in [0.3, 0.4) is 0 Å². The molecule has 126 valence electrons. The van der Waals surface area contributed by atoms with Gasteiger partial charge in [-0.1, -0.05) is 81.4 Å². The fraction of sp³-hybridized carbons (Fsp3) is 0.350. The zero-order valence-electron chi connectivity index (χ0n) is 14.5. The molecule has 3 nitrogen and oxygen atoms in total. The van der Waals surface area contributed by atoms with E-state index in [1.807, 2.05) is 60.7 Å². The van der Waals surface area contributed by atoms with Crippen LogP contribution in [0.2, 0.25) is 0 Å². The molecule has 0 spiro atoms. The van der Waals surface area contributed by atoms with Crippen molar-refractivity contribution in [2.45, 2.75) is 27.2 Å². The van der Waals surface area contributed by atoms with Gasteiger partial charge in [-0.3, -0.25) is 4.79 Å². The molecule has 1 saturated heterocycles. The first-order valence-corrected chi connectivity index (χ1v) is 9.62. The lowest BCUT2D eigenvalue weighted by molar-refractivity contribution is -0.143. The second kappa shape index (κ2) is 8.15. The SMILES string of the molecule is CC(C)(C)C1CCOC1=O.O=[Si](c1ccccc1)c1ccccc1. The zero-order chi connectivity index (χ0) is 17.6. The molecule has 1 fully saturated rings. The maximum absolute atomic E-state index is 12.0. The van der Waals surface area contributed by atoms with Crippen molar-refractivity contribution in [1.82, 2.24) is 0 Å². The average molecular weight is 340 g/mol. The van der Waals surface area contributed by atoms with Crippen molar-refractivity contribution < 1.29 is 14.0 Å². The summed E-state index contributed by atoms with van der Waals surface area (Å²) in [4.78, 5) is 11.0. The molecule has 24 heavy (non-hydrogen) atoms. The molecule has 0 N–H and O–H groups in total. The first-order chi connectivity index (χ1) is 11.4. The average Bonchev–Trinajstić information content (AvgIpc) is 3.03. The first-order valence-electron chi connectivity index (χ1n) is 8.21. The number of rotatable bonds is 2. The van der Waals surface area contributed by atoms with Crippen molar-refractivity contribution in [2.24, 2.45) is 11.3 Å². The molecule has 0 saturated carbocycles. The summed E-state index contributed by atoms with van der Waals surface area (Å²) in [5.41, 5.74) is 0.0770. The van der Waals surface area contributed by atoms with Crippen molar-refractivity contribution in [3.63, 3.8) is 0 Å². The van der Waals surface area contributed by atoms with Crippen LogP contribution in [0, 0.1) is 11.3 Å². The predicted molar refractivity (Wildman–Crippen MR) is 97.1 cm³/mol. The second-order valence-corrected chi connectivity index (χ2v) is 8.75. The minimum atomic E-state index is -1.79. The molecule has 2 aromatic carbocycles. The summed E-state index contributed by atoms with van der Waals surface area (Å²) >= 11 is 0. The van der Waals surface area contributed by atoms with Crippen molar-refractivity contribution in [3.8, 4) is 0 Å². The van der Waals surface area contributed by atoms with Gasteiger partial charge >= 0.3 is 14.7 Å². The number of benzene rings is 2. The van der Waals surface area contributed by atoms with Crippen LogP contribution >= 0.6 is 0 Å². The largest absolute Gasteiger partial charge is 0.465 e. The van der Waals surface area contributed by atoms with E-state index < -0.39 is 8.68 Å². The monoisotopic (exact) mass is 340 g/mol. The van der Waals surface area contributed by atoms with E-state index >= 15 is 0 Å². The van der Waals surface area contributed by atoms with Crippen LogP contribution in [0.5, 0.6) is 0 Å². The molecule has 0 amide bonds. The smallest absolute Gasteiger partial charge is 0.346 e. The Morgan fingerprint density at radius 3 is 1.67 bits per heavy atom. The highest BCUT2D eigenvalue weighted by Crippen LogP contribution is 2.32. The van der Waals surface area contributed by atoms with Crippen LogP contribution < -0.4 is 10.4 Å². The molecule has 0 radical (unpaired) electrons. The van der Waals surface area contributed by atoms with Crippen LogP contribution in [0.1, 0.15) is 27.2 Å². The Hall–Kier alpha value is -2.07. The number of cyclic esters (lactones) is 1. The maximum Gasteiger partial charge on any atom is 0.346 e. The number of hydrogen-bond donors (Lipinski definition) is 0. The first kappa shape index (κ1) is 18.3. The highest BCUT2D eigenvalue weighted by atomic mass is 28.3. The molecular weight excluding hydrogens is 316 g/mol. The van der Waals surface area contributed by atoms with Crippen LogP contribution in [0.15, 0.2) is 60.7 Å². The third kappa shape index (κ3) is 4.96. The molecule has 1 aliphatic heterocycles. The highest BCUT2D eigenvalue weighted by molar-refractivity contribution is 6.72. The fourth-order valence-corrected chi connectivity index (χ4v) is 3.95.